The Morgan fingerprint density at radius 1 is 1.05 bits per heavy atom. The average molecular weight is 293 g/mol. The third-order valence-corrected chi connectivity index (χ3v) is 2.76. The van der Waals surface area contributed by atoms with Gasteiger partial charge in [0.1, 0.15) is 30.3 Å². The van der Waals surface area contributed by atoms with Gasteiger partial charge in [0, 0.05) is 5.02 Å². The Hall–Kier alpha value is -2.20. The second-order valence-electron chi connectivity index (χ2n) is 3.96. The van der Waals surface area contributed by atoms with Crippen LogP contribution in [0.1, 0.15) is 10.4 Å². The van der Waals surface area contributed by atoms with Crippen molar-refractivity contribution < 1.29 is 19.4 Å². The van der Waals surface area contributed by atoms with E-state index < -0.39 is 5.97 Å². The SMILES string of the molecule is O=C(O)c1cc(Cl)ccc1OCCOc1ccccc1. The maximum atomic E-state index is 11.1. The van der Waals surface area contributed by atoms with Crippen LogP contribution < -0.4 is 9.47 Å². The van der Waals surface area contributed by atoms with Crippen molar-refractivity contribution in [3.8, 4) is 11.5 Å². The molecule has 0 aliphatic carbocycles. The lowest BCUT2D eigenvalue weighted by molar-refractivity contribution is 0.0691. The summed E-state index contributed by atoms with van der Waals surface area (Å²) in [7, 11) is 0. The normalized spacial score (nSPS) is 10.1. The minimum Gasteiger partial charge on any atom is -0.490 e. The monoisotopic (exact) mass is 292 g/mol. The first kappa shape index (κ1) is 14.2. The quantitative estimate of drug-likeness (QED) is 0.828. The zero-order chi connectivity index (χ0) is 14.4. The van der Waals surface area contributed by atoms with Gasteiger partial charge in [-0.2, -0.15) is 0 Å². The molecule has 2 aromatic rings. The lowest BCUT2D eigenvalue weighted by Crippen LogP contribution is -2.11. The van der Waals surface area contributed by atoms with Crippen molar-refractivity contribution in [1.82, 2.24) is 0 Å². The molecule has 0 spiro atoms. The largest absolute Gasteiger partial charge is 0.490 e. The Bertz CT molecular complexity index is 584. The van der Waals surface area contributed by atoms with E-state index in [1.54, 1.807) is 6.07 Å². The van der Waals surface area contributed by atoms with Crippen molar-refractivity contribution in [3.63, 3.8) is 0 Å². The third-order valence-electron chi connectivity index (χ3n) is 2.52. The number of hydrogen-bond donors (Lipinski definition) is 1. The molecule has 2 aromatic carbocycles. The third kappa shape index (κ3) is 3.90. The minimum absolute atomic E-state index is 0.0391. The number of benzene rings is 2. The lowest BCUT2D eigenvalue weighted by Gasteiger charge is -2.10. The van der Waals surface area contributed by atoms with Crippen LogP contribution in [0.25, 0.3) is 0 Å². The Morgan fingerprint density at radius 2 is 1.75 bits per heavy atom. The maximum absolute atomic E-state index is 11.1. The fourth-order valence-electron chi connectivity index (χ4n) is 1.62. The van der Waals surface area contributed by atoms with Gasteiger partial charge in [0.2, 0.25) is 0 Å². The first-order chi connectivity index (χ1) is 9.66. The molecule has 5 heteroatoms. The molecule has 0 atom stereocenters. The predicted octanol–water partition coefficient (Wildman–Crippen LogP) is 3.50. The molecular weight excluding hydrogens is 280 g/mol. The van der Waals surface area contributed by atoms with Crippen LogP contribution in [0.5, 0.6) is 11.5 Å². The van der Waals surface area contributed by atoms with Crippen LogP contribution in [-0.2, 0) is 0 Å². The fourth-order valence-corrected chi connectivity index (χ4v) is 1.80. The summed E-state index contributed by atoms with van der Waals surface area (Å²) in [6, 6.07) is 13.8. The van der Waals surface area contributed by atoms with Crippen molar-refractivity contribution >= 4 is 17.6 Å². The summed E-state index contributed by atoms with van der Waals surface area (Å²) in [4.78, 5) is 11.1. The number of ether oxygens (including phenoxy) is 2. The highest BCUT2D eigenvalue weighted by atomic mass is 35.5. The summed E-state index contributed by atoms with van der Waals surface area (Å²) in [6.45, 7) is 0.572. The first-order valence-corrected chi connectivity index (χ1v) is 6.38. The number of halogens is 1. The topological polar surface area (TPSA) is 55.8 Å². The summed E-state index contributed by atoms with van der Waals surface area (Å²) < 4.78 is 10.9. The molecule has 104 valence electrons. The Kier molecular flexibility index (Phi) is 4.85. The molecule has 0 aromatic heterocycles. The van der Waals surface area contributed by atoms with Crippen LogP contribution in [0.4, 0.5) is 0 Å². The molecule has 0 bridgehead atoms. The van der Waals surface area contributed by atoms with Crippen molar-refractivity contribution in [2.75, 3.05) is 13.2 Å². The van der Waals surface area contributed by atoms with Crippen molar-refractivity contribution in [3.05, 3.63) is 59.1 Å². The molecule has 0 radical (unpaired) electrons. The number of para-hydroxylation sites is 1. The van der Waals surface area contributed by atoms with Gasteiger partial charge in [-0.1, -0.05) is 29.8 Å². The standard InChI is InChI=1S/C15H13ClO4/c16-11-6-7-14(13(10-11)15(17)18)20-9-8-19-12-4-2-1-3-5-12/h1-7,10H,8-9H2,(H,17,18). The molecule has 0 saturated carbocycles. The van der Waals surface area contributed by atoms with E-state index in [-0.39, 0.29) is 17.9 Å². The second kappa shape index (κ2) is 6.82. The number of hydrogen-bond acceptors (Lipinski definition) is 3. The van der Waals surface area contributed by atoms with Crippen LogP contribution in [0, 0.1) is 0 Å². The van der Waals surface area contributed by atoms with Crippen LogP contribution in [0.3, 0.4) is 0 Å². The lowest BCUT2D eigenvalue weighted by atomic mass is 10.2. The van der Waals surface area contributed by atoms with E-state index in [1.807, 2.05) is 30.3 Å². The van der Waals surface area contributed by atoms with E-state index in [2.05, 4.69) is 0 Å². The van der Waals surface area contributed by atoms with E-state index in [9.17, 15) is 4.79 Å². The van der Waals surface area contributed by atoms with E-state index >= 15 is 0 Å². The summed E-state index contributed by atoms with van der Waals surface area (Å²) >= 11 is 5.76. The van der Waals surface area contributed by atoms with E-state index in [0.717, 1.165) is 5.75 Å². The van der Waals surface area contributed by atoms with E-state index in [4.69, 9.17) is 26.2 Å². The zero-order valence-electron chi connectivity index (χ0n) is 10.6. The second-order valence-corrected chi connectivity index (χ2v) is 4.39. The Morgan fingerprint density at radius 3 is 2.45 bits per heavy atom. The highest BCUT2D eigenvalue weighted by Gasteiger charge is 2.11. The number of carboxylic acid groups (broad SMARTS) is 1. The highest BCUT2D eigenvalue weighted by Crippen LogP contribution is 2.22. The van der Waals surface area contributed by atoms with Gasteiger partial charge >= 0.3 is 5.97 Å². The van der Waals surface area contributed by atoms with Crippen LogP contribution in [0.2, 0.25) is 5.02 Å². The van der Waals surface area contributed by atoms with Gasteiger partial charge in [-0.25, -0.2) is 4.79 Å². The van der Waals surface area contributed by atoms with E-state index in [1.165, 1.54) is 12.1 Å². The molecule has 0 unspecified atom stereocenters. The van der Waals surface area contributed by atoms with Crippen LogP contribution in [0.15, 0.2) is 48.5 Å². The number of carboxylic acids is 1. The van der Waals surface area contributed by atoms with Crippen molar-refractivity contribution in [1.29, 1.82) is 0 Å². The fraction of sp³-hybridized carbons (Fsp3) is 0.133. The molecule has 0 fully saturated rings. The van der Waals surface area contributed by atoms with Gasteiger partial charge in [-0.15, -0.1) is 0 Å². The molecule has 2 rings (SSSR count). The summed E-state index contributed by atoms with van der Waals surface area (Å²) in [5, 5.41) is 9.41. The first-order valence-electron chi connectivity index (χ1n) is 6.00. The van der Waals surface area contributed by atoms with E-state index in [0.29, 0.717) is 11.6 Å². The highest BCUT2D eigenvalue weighted by molar-refractivity contribution is 6.31. The van der Waals surface area contributed by atoms with Crippen LogP contribution in [-0.4, -0.2) is 24.3 Å². The number of rotatable bonds is 6. The summed E-state index contributed by atoms with van der Waals surface area (Å²) in [5.74, 6) is -0.0595. The molecule has 4 nitrogen and oxygen atoms in total. The molecule has 0 aliphatic rings. The van der Waals surface area contributed by atoms with Gasteiger partial charge < -0.3 is 14.6 Å². The zero-order valence-corrected chi connectivity index (χ0v) is 11.3. The molecule has 0 saturated heterocycles. The van der Waals surface area contributed by atoms with Gasteiger partial charge in [0.15, 0.2) is 0 Å². The maximum Gasteiger partial charge on any atom is 0.339 e. The Labute approximate surface area is 121 Å². The molecule has 1 N–H and O–H groups in total. The van der Waals surface area contributed by atoms with Gasteiger partial charge in [-0.05, 0) is 30.3 Å². The minimum atomic E-state index is -1.08. The smallest absolute Gasteiger partial charge is 0.339 e. The van der Waals surface area contributed by atoms with Gasteiger partial charge in [-0.3, -0.25) is 0 Å². The summed E-state index contributed by atoms with van der Waals surface area (Å²) in [5.41, 5.74) is 0.0391. The van der Waals surface area contributed by atoms with Crippen molar-refractivity contribution in [2.24, 2.45) is 0 Å². The predicted molar refractivity (Wildman–Crippen MR) is 75.8 cm³/mol. The molecule has 0 heterocycles. The average Bonchev–Trinajstić information content (AvgIpc) is 2.45. The molecular formula is C15H13ClO4. The van der Waals surface area contributed by atoms with Crippen LogP contribution >= 0.6 is 11.6 Å². The number of aromatic carboxylic acids is 1. The Balaban J connectivity index is 1.90. The van der Waals surface area contributed by atoms with Gasteiger partial charge in [0.25, 0.3) is 0 Å². The molecule has 0 aliphatic heterocycles. The van der Waals surface area contributed by atoms with Crippen molar-refractivity contribution in [2.45, 2.75) is 0 Å². The van der Waals surface area contributed by atoms with Gasteiger partial charge in [0.05, 0.1) is 0 Å². The number of carbonyl (C=O) groups is 1. The molecule has 20 heavy (non-hydrogen) atoms. The summed E-state index contributed by atoms with van der Waals surface area (Å²) in [6.07, 6.45) is 0. The molecule has 0 amide bonds.